The van der Waals surface area contributed by atoms with Crippen molar-refractivity contribution in [2.45, 2.75) is 19.0 Å². The predicted octanol–water partition coefficient (Wildman–Crippen LogP) is 2.89. The van der Waals surface area contributed by atoms with Crippen LogP contribution in [0.1, 0.15) is 12.0 Å². The third-order valence-corrected chi connectivity index (χ3v) is 3.97. The molecule has 3 rings (SSSR count). The smallest absolute Gasteiger partial charge is 0.319 e. The van der Waals surface area contributed by atoms with Gasteiger partial charge in [0.15, 0.2) is 0 Å². The van der Waals surface area contributed by atoms with E-state index >= 15 is 0 Å². The number of nitrogens with zero attached hydrogens (tertiary/aromatic N) is 1. The maximum absolute atomic E-state index is 13.5. The van der Waals surface area contributed by atoms with Gasteiger partial charge >= 0.3 is 6.03 Å². The summed E-state index contributed by atoms with van der Waals surface area (Å²) in [4.78, 5) is 25.7. The normalized spacial score (nSPS) is 16.8. The van der Waals surface area contributed by atoms with Gasteiger partial charge in [0.25, 0.3) is 0 Å². The van der Waals surface area contributed by atoms with E-state index < -0.39 is 29.4 Å². The van der Waals surface area contributed by atoms with E-state index in [1.165, 1.54) is 6.07 Å². The quantitative estimate of drug-likeness (QED) is 0.895. The van der Waals surface area contributed by atoms with E-state index in [1.54, 1.807) is 4.90 Å². The first-order chi connectivity index (χ1) is 12.0. The molecule has 0 spiro atoms. The molecule has 3 amide bonds. The molecular weight excluding hydrogens is 328 g/mol. The van der Waals surface area contributed by atoms with Crippen LogP contribution >= 0.6 is 0 Å². The summed E-state index contributed by atoms with van der Waals surface area (Å²) in [7, 11) is 0. The van der Waals surface area contributed by atoms with E-state index in [1.807, 2.05) is 30.3 Å². The van der Waals surface area contributed by atoms with Gasteiger partial charge in [-0.05, 0) is 17.7 Å². The molecule has 1 aliphatic rings. The molecule has 0 aromatic heterocycles. The monoisotopic (exact) mass is 345 g/mol. The Morgan fingerprint density at radius 1 is 1.08 bits per heavy atom. The lowest BCUT2D eigenvalue weighted by atomic mass is 10.2. The van der Waals surface area contributed by atoms with Crippen LogP contribution in [0.4, 0.5) is 19.3 Å². The van der Waals surface area contributed by atoms with Crippen LogP contribution in [-0.4, -0.2) is 29.4 Å². The Hall–Kier alpha value is -2.96. The van der Waals surface area contributed by atoms with Crippen molar-refractivity contribution in [3.05, 3.63) is 65.7 Å². The fourth-order valence-electron chi connectivity index (χ4n) is 2.78. The fraction of sp³-hybridized carbons (Fsp3) is 0.222. The van der Waals surface area contributed by atoms with Gasteiger partial charge in [-0.1, -0.05) is 36.4 Å². The van der Waals surface area contributed by atoms with Crippen molar-refractivity contribution in [1.82, 2.24) is 10.2 Å². The number of carbonyl (C=O) groups excluding carboxylic acids is 2. The highest BCUT2D eigenvalue weighted by Gasteiger charge is 2.30. The van der Waals surface area contributed by atoms with Gasteiger partial charge in [0.1, 0.15) is 17.3 Å². The van der Waals surface area contributed by atoms with Crippen molar-refractivity contribution >= 4 is 17.6 Å². The third-order valence-electron chi connectivity index (χ3n) is 3.97. The standard InChI is InChI=1S/C18H17F2N3O2/c19-14-7-4-8-15(20)17(14)22-18(25)21-13-9-16(24)23(11-13)10-12-5-2-1-3-6-12/h1-8,13H,9-11H2,(H2,21,22,25). The van der Waals surface area contributed by atoms with Gasteiger partial charge in [-0.15, -0.1) is 0 Å². The molecule has 130 valence electrons. The molecule has 1 saturated heterocycles. The summed E-state index contributed by atoms with van der Waals surface area (Å²) < 4.78 is 27.1. The summed E-state index contributed by atoms with van der Waals surface area (Å²) in [6, 6.07) is 11.7. The molecule has 0 bridgehead atoms. The van der Waals surface area contributed by atoms with Gasteiger partial charge in [0.05, 0.1) is 6.04 Å². The molecule has 2 aromatic carbocycles. The largest absolute Gasteiger partial charge is 0.336 e. The second-order valence-corrected chi connectivity index (χ2v) is 5.86. The minimum Gasteiger partial charge on any atom is -0.336 e. The van der Waals surface area contributed by atoms with Crippen LogP contribution in [-0.2, 0) is 11.3 Å². The van der Waals surface area contributed by atoms with E-state index in [2.05, 4.69) is 10.6 Å². The van der Waals surface area contributed by atoms with Gasteiger partial charge in [0.2, 0.25) is 5.91 Å². The van der Waals surface area contributed by atoms with E-state index in [4.69, 9.17) is 0 Å². The zero-order valence-corrected chi connectivity index (χ0v) is 13.3. The van der Waals surface area contributed by atoms with Crippen molar-refractivity contribution in [1.29, 1.82) is 0 Å². The number of hydrogen-bond acceptors (Lipinski definition) is 2. The Labute approximate surface area is 143 Å². The number of urea groups is 1. The molecule has 0 radical (unpaired) electrons. The maximum Gasteiger partial charge on any atom is 0.319 e. The first-order valence-corrected chi connectivity index (χ1v) is 7.86. The van der Waals surface area contributed by atoms with Crippen LogP contribution in [0.2, 0.25) is 0 Å². The Kier molecular flexibility index (Phi) is 4.92. The molecule has 2 N–H and O–H groups in total. The van der Waals surface area contributed by atoms with E-state index in [-0.39, 0.29) is 12.3 Å². The summed E-state index contributed by atoms with van der Waals surface area (Å²) in [6.07, 6.45) is 0.153. The maximum atomic E-state index is 13.5. The summed E-state index contributed by atoms with van der Waals surface area (Å²) in [5.74, 6) is -1.79. The predicted molar refractivity (Wildman–Crippen MR) is 88.8 cm³/mol. The minimum absolute atomic E-state index is 0.0776. The Bertz CT molecular complexity index is 763. The van der Waals surface area contributed by atoms with Crippen molar-refractivity contribution in [3.63, 3.8) is 0 Å². The molecular formula is C18H17F2N3O2. The van der Waals surface area contributed by atoms with Crippen LogP contribution < -0.4 is 10.6 Å². The van der Waals surface area contributed by atoms with E-state index in [9.17, 15) is 18.4 Å². The SMILES string of the molecule is O=C(Nc1c(F)cccc1F)NC1CC(=O)N(Cc2ccccc2)C1. The molecule has 1 heterocycles. The van der Waals surface area contributed by atoms with Crippen molar-refractivity contribution in [2.24, 2.45) is 0 Å². The average Bonchev–Trinajstić information content (AvgIpc) is 2.91. The number of halogens is 2. The number of amides is 3. The fourth-order valence-corrected chi connectivity index (χ4v) is 2.78. The van der Waals surface area contributed by atoms with Gasteiger partial charge in [-0.2, -0.15) is 0 Å². The lowest BCUT2D eigenvalue weighted by Crippen LogP contribution is -2.40. The number of anilines is 1. The number of rotatable bonds is 4. The van der Waals surface area contributed by atoms with Crippen LogP contribution in [0.15, 0.2) is 48.5 Å². The first-order valence-electron chi connectivity index (χ1n) is 7.86. The highest BCUT2D eigenvalue weighted by molar-refractivity contribution is 5.90. The molecule has 1 atom stereocenters. The third kappa shape index (κ3) is 4.12. The van der Waals surface area contributed by atoms with Gasteiger partial charge in [-0.3, -0.25) is 4.79 Å². The molecule has 25 heavy (non-hydrogen) atoms. The average molecular weight is 345 g/mol. The van der Waals surface area contributed by atoms with E-state index in [0.717, 1.165) is 17.7 Å². The number of nitrogens with one attached hydrogen (secondary N) is 2. The summed E-state index contributed by atoms with van der Waals surface area (Å²) in [5.41, 5.74) is 0.486. The number of para-hydroxylation sites is 1. The summed E-state index contributed by atoms with van der Waals surface area (Å²) >= 11 is 0. The minimum atomic E-state index is -0.858. The lowest BCUT2D eigenvalue weighted by molar-refractivity contribution is -0.128. The van der Waals surface area contributed by atoms with Crippen molar-refractivity contribution < 1.29 is 18.4 Å². The van der Waals surface area contributed by atoms with Gasteiger partial charge in [-0.25, -0.2) is 13.6 Å². The summed E-state index contributed by atoms with van der Waals surface area (Å²) in [6.45, 7) is 0.808. The number of benzene rings is 2. The second kappa shape index (κ2) is 7.29. The number of carbonyl (C=O) groups is 2. The number of likely N-dealkylation sites (tertiary alicyclic amines) is 1. The summed E-state index contributed by atoms with van der Waals surface area (Å²) in [5, 5.41) is 4.74. The highest BCUT2D eigenvalue weighted by Crippen LogP contribution is 2.19. The van der Waals surface area contributed by atoms with Crippen LogP contribution in [0, 0.1) is 11.6 Å². The van der Waals surface area contributed by atoms with Gasteiger partial charge < -0.3 is 15.5 Å². The van der Waals surface area contributed by atoms with Crippen LogP contribution in [0.3, 0.4) is 0 Å². The topological polar surface area (TPSA) is 61.4 Å². The van der Waals surface area contributed by atoms with Gasteiger partial charge in [0, 0.05) is 19.5 Å². The molecule has 1 fully saturated rings. The number of hydrogen-bond donors (Lipinski definition) is 2. The zero-order valence-electron chi connectivity index (χ0n) is 13.3. The first kappa shape index (κ1) is 16.9. The lowest BCUT2D eigenvalue weighted by Gasteiger charge is -2.17. The van der Waals surface area contributed by atoms with Crippen molar-refractivity contribution in [3.8, 4) is 0 Å². The molecule has 0 saturated carbocycles. The van der Waals surface area contributed by atoms with Crippen LogP contribution in [0.25, 0.3) is 0 Å². The Morgan fingerprint density at radius 3 is 2.44 bits per heavy atom. The highest BCUT2D eigenvalue weighted by atomic mass is 19.1. The molecule has 1 unspecified atom stereocenters. The molecule has 2 aromatic rings. The van der Waals surface area contributed by atoms with Crippen molar-refractivity contribution in [2.75, 3.05) is 11.9 Å². The Morgan fingerprint density at radius 2 is 1.76 bits per heavy atom. The molecule has 0 aliphatic carbocycles. The zero-order chi connectivity index (χ0) is 17.8. The second-order valence-electron chi connectivity index (χ2n) is 5.86. The molecule has 1 aliphatic heterocycles. The van der Waals surface area contributed by atoms with E-state index in [0.29, 0.717) is 13.1 Å². The Balaban J connectivity index is 1.57. The molecule has 5 nitrogen and oxygen atoms in total. The van der Waals surface area contributed by atoms with Crippen LogP contribution in [0.5, 0.6) is 0 Å². The molecule has 7 heteroatoms.